The molecule has 68 valence electrons. The summed E-state index contributed by atoms with van der Waals surface area (Å²) >= 11 is 1.25. The third-order valence-corrected chi connectivity index (χ3v) is 4.19. The van der Waals surface area contributed by atoms with Gasteiger partial charge in [0.25, 0.3) is 0 Å². The average molecular weight is 186 g/mol. The van der Waals surface area contributed by atoms with Crippen molar-refractivity contribution in [1.29, 1.82) is 0 Å². The first kappa shape index (κ1) is 8.51. The summed E-state index contributed by atoms with van der Waals surface area (Å²) in [5, 5.41) is 0. The van der Waals surface area contributed by atoms with Gasteiger partial charge in [0.05, 0.1) is 4.75 Å². The van der Waals surface area contributed by atoms with E-state index < -0.39 is 0 Å². The van der Waals surface area contributed by atoms with Crippen molar-refractivity contribution in [2.24, 2.45) is 10.5 Å². The minimum atomic E-state index is 0.109. The fourth-order valence-electron chi connectivity index (χ4n) is 2.46. The van der Waals surface area contributed by atoms with Crippen molar-refractivity contribution in [2.45, 2.75) is 24.5 Å². The van der Waals surface area contributed by atoms with Crippen LogP contribution in [0.2, 0.25) is 0 Å². The fraction of sp³-hybridized carbons (Fsp3) is 1.00. The first-order chi connectivity index (χ1) is 5.74. The Balaban J connectivity index is 2.11. The molecule has 0 amide bonds. The molecule has 0 aliphatic carbocycles. The van der Waals surface area contributed by atoms with E-state index in [1.165, 1.54) is 37.9 Å². The molecule has 0 spiro atoms. The highest BCUT2D eigenvalue weighted by Crippen LogP contribution is 2.44. The van der Waals surface area contributed by atoms with Crippen LogP contribution in [0.4, 0.5) is 0 Å². The highest BCUT2D eigenvalue weighted by molar-refractivity contribution is 7.99. The smallest absolute Gasteiger partial charge is 0.0540 e. The monoisotopic (exact) mass is 186 g/mol. The SMILES string of the molecule is CC1(SN=O)CN2CCC1CC2. The normalized spacial score (nSPS) is 46.1. The number of nitrogens with zero attached hydrogens (tertiary/aromatic N) is 2. The molecule has 3 nitrogen and oxygen atoms in total. The van der Waals surface area contributed by atoms with Gasteiger partial charge in [-0.25, -0.2) is 0 Å². The minimum absolute atomic E-state index is 0.109. The van der Waals surface area contributed by atoms with E-state index in [1.807, 2.05) is 0 Å². The number of rotatable bonds is 2. The quantitative estimate of drug-likeness (QED) is 0.487. The lowest BCUT2D eigenvalue weighted by molar-refractivity contribution is 0.0794. The molecule has 0 aromatic carbocycles. The third kappa shape index (κ3) is 1.27. The summed E-state index contributed by atoms with van der Waals surface area (Å²) in [7, 11) is 0. The molecular weight excluding hydrogens is 172 g/mol. The van der Waals surface area contributed by atoms with E-state index in [9.17, 15) is 4.91 Å². The predicted octanol–water partition coefficient (Wildman–Crippen LogP) is 1.89. The van der Waals surface area contributed by atoms with Gasteiger partial charge in [0, 0.05) is 23.1 Å². The van der Waals surface area contributed by atoms with Gasteiger partial charge in [-0.15, -0.1) is 4.91 Å². The van der Waals surface area contributed by atoms with Crippen LogP contribution in [-0.4, -0.2) is 29.3 Å². The molecule has 0 aromatic rings. The van der Waals surface area contributed by atoms with Crippen LogP contribution in [0.15, 0.2) is 4.58 Å². The van der Waals surface area contributed by atoms with Crippen molar-refractivity contribution in [1.82, 2.24) is 4.90 Å². The maximum atomic E-state index is 10.2. The molecule has 3 aliphatic rings. The molecule has 2 bridgehead atoms. The fourth-order valence-corrected chi connectivity index (χ4v) is 3.26. The predicted molar refractivity (Wildman–Crippen MR) is 51.0 cm³/mol. The van der Waals surface area contributed by atoms with Crippen molar-refractivity contribution in [3.8, 4) is 0 Å². The summed E-state index contributed by atoms with van der Waals surface area (Å²) in [6, 6.07) is 0. The Kier molecular flexibility index (Phi) is 2.12. The summed E-state index contributed by atoms with van der Waals surface area (Å²) in [6.45, 7) is 5.67. The maximum Gasteiger partial charge on any atom is 0.0540 e. The van der Waals surface area contributed by atoms with Gasteiger partial charge in [-0.3, -0.25) is 0 Å². The van der Waals surface area contributed by atoms with Gasteiger partial charge < -0.3 is 4.90 Å². The second-order valence-corrected chi connectivity index (χ2v) is 5.29. The molecule has 4 heteroatoms. The number of hydrogen-bond acceptors (Lipinski definition) is 4. The lowest BCUT2D eigenvalue weighted by Crippen LogP contribution is -2.55. The Bertz CT molecular complexity index is 191. The molecule has 3 rings (SSSR count). The molecule has 0 aromatic heterocycles. The van der Waals surface area contributed by atoms with Crippen LogP contribution in [0.3, 0.4) is 0 Å². The number of fused-ring (bicyclic) bond motifs is 3. The van der Waals surface area contributed by atoms with Gasteiger partial charge in [0.15, 0.2) is 0 Å². The molecule has 12 heavy (non-hydrogen) atoms. The Morgan fingerprint density at radius 2 is 2.17 bits per heavy atom. The average Bonchev–Trinajstić information content (AvgIpc) is 2.05. The Morgan fingerprint density at radius 3 is 2.58 bits per heavy atom. The second kappa shape index (κ2) is 3.00. The van der Waals surface area contributed by atoms with Crippen molar-refractivity contribution in [2.75, 3.05) is 19.6 Å². The molecule has 3 heterocycles. The van der Waals surface area contributed by atoms with Gasteiger partial charge in [-0.2, -0.15) is 0 Å². The van der Waals surface area contributed by atoms with Crippen LogP contribution in [-0.2, 0) is 0 Å². The van der Waals surface area contributed by atoms with Crippen LogP contribution < -0.4 is 0 Å². The van der Waals surface area contributed by atoms with Crippen LogP contribution in [0.25, 0.3) is 0 Å². The molecule has 1 unspecified atom stereocenters. The molecule has 3 aliphatic heterocycles. The van der Waals surface area contributed by atoms with Crippen molar-refractivity contribution in [3.05, 3.63) is 4.91 Å². The zero-order chi connectivity index (χ0) is 8.60. The first-order valence-corrected chi connectivity index (χ1v) is 5.25. The van der Waals surface area contributed by atoms with E-state index in [-0.39, 0.29) is 4.75 Å². The van der Waals surface area contributed by atoms with Crippen molar-refractivity contribution >= 4 is 11.9 Å². The van der Waals surface area contributed by atoms with Crippen molar-refractivity contribution < 1.29 is 0 Å². The number of nitroso groups, excluding NO2 is 1. The van der Waals surface area contributed by atoms with E-state index in [2.05, 4.69) is 16.4 Å². The van der Waals surface area contributed by atoms with Gasteiger partial charge in [-0.05, 0) is 38.8 Å². The van der Waals surface area contributed by atoms with Crippen LogP contribution in [0, 0.1) is 10.8 Å². The highest BCUT2D eigenvalue weighted by Gasteiger charge is 2.44. The van der Waals surface area contributed by atoms with Gasteiger partial charge in [-0.1, -0.05) is 0 Å². The van der Waals surface area contributed by atoms with Gasteiger partial charge in [0.1, 0.15) is 0 Å². The second-order valence-electron chi connectivity index (χ2n) is 4.03. The van der Waals surface area contributed by atoms with Crippen molar-refractivity contribution in [3.63, 3.8) is 0 Å². The Hall–Kier alpha value is -0.0900. The summed E-state index contributed by atoms with van der Waals surface area (Å²) in [4.78, 5) is 12.7. The lowest BCUT2D eigenvalue weighted by Gasteiger charge is -2.49. The summed E-state index contributed by atoms with van der Waals surface area (Å²) in [5.74, 6) is 0.713. The van der Waals surface area contributed by atoms with E-state index >= 15 is 0 Å². The van der Waals surface area contributed by atoms with Crippen LogP contribution in [0.1, 0.15) is 19.8 Å². The van der Waals surface area contributed by atoms with Gasteiger partial charge >= 0.3 is 0 Å². The number of piperidine rings is 3. The molecule has 3 saturated heterocycles. The highest BCUT2D eigenvalue weighted by atomic mass is 32.2. The Labute approximate surface area is 77.0 Å². The standard InChI is InChI=1S/C8H14N2OS/c1-8(12-9-11)6-10-4-2-7(8)3-5-10/h7H,2-6H2,1H3. The van der Waals surface area contributed by atoms with Crippen LogP contribution in [0.5, 0.6) is 0 Å². The van der Waals surface area contributed by atoms with E-state index in [0.29, 0.717) is 5.92 Å². The molecule has 0 N–H and O–H groups in total. The topological polar surface area (TPSA) is 32.7 Å². The summed E-state index contributed by atoms with van der Waals surface area (Å²) < 4.78 is 3.10. The number of hydrogen-bond donors (Lipinski definition) is 0. The first-order valence-electron chi connectivity index (χ1n) is 4.48. The third-order valence-electron chi connectivity index (χ3n) is 3.23. The molecule has 0 saturated carbocycles. The summed E-state index contributed by atoms with van der Waals surface area (Å²) in [6.07, 6.45) is 2.50. The minimum Gasteiger partial charge on any atom is -0.302 e. The van der Waals surface area contributed by atoms with E-state index in [0.717, 1.165) is 6.54 Å². The van der Waals surface area contributed by atoms with Gasteiger partial charge in [0.2, 0.25) is 0 Å². The molecular formula is C8H14N2OS. The molecule has 0 radical (unpaired) electrons. The Morgan fingerprint density at radius 1 is 1.50 bits per heavy atom. The van der Waals surface area contributed by atoms with E-state index in [1.54, 1.807) is 0 Å². The lowest BCUT2D eigenvalue weighted by atomic mass is 9.79. The van der Waals surface area contributed by atoms with E-state index in [4.69, 9.17) is 0 Å². The zero-order valence-electron chi connectivity index (χ0n) is 7.32. The zero-order valence-corrected chi connectivity index (χ0v) is 8.14. The van der Waals surface area contributed by atoms with Crippen LogP contribution >= 0.6 is 11.9 Å². The summed E-state index contributed by atoms with van der Waals surface area (Å²) in [5.41, 5.74) is 0. The largest absolute Gasteiger partial charge is 0.302 e. The molecule has 1 atom stereocenters. The maximum absolute atomic E-state index is 10.2. The molecule has 3 fully saturated rings.